The van der Waals surface area contributed by atoms with E-state index in [2.05, 4.69) is 93.0 Å². The zero-order chi connectivity index (χ0) is 55.5. The van der Waals surface area contributed by atoms with Crippen molar-refractivity contribution in [1.82, 2.24) is 44.9 Å². The molecular weight excluding hydrogens is 899 g/mol. The van der Waals surface area contributed by atoms with Crippen LogP contribution in [0, 0.1) is 55.4 Å². The molecule has 392 valence electrons. The van der Waals surface area contributed by atoms with Gasteiger partial charge in [0.05, 0.1) is 0 Å². The zero-order valence-electron chi connectivity index (χ0n) is 48.4. The van der Waals surface area contributed by atoms with Crippen molar-refractivity contribution in [3.8, 4) is 0 Å². The molecule has 8 aromatic heterocycles. The number of hydrogen-bond acceptors (Lipinski definition) is 11. The van der Waals surface area contributed by atoms with Gasteiger partial charge in [-0.25, -0.2) is 29.9 Å². The van der Waals surface area contributed by atoms with Crippen molar-refractivity contribution < 1.29 is 0 Å². The van der Waals surface area contributed by atoms with Crippen LogP contribution in [0.4, 0.5) is 0 Å². The topological polar surface area (TPSA) is 116 Å². The average molecular weight is 999 g/mol. The number of rotatable bonds is 0. The van der Waals surface area contributed by atoms with Crippen LogP contribution in [0.2, 0.25) is 0 Å². The highest BCUT2D eigenvalue weighted by Gasteiger charge is 1.78. The van der Waals surface area contributed by atoms with E-state index in [0.717, 1.165) is 22.8 Å². The standard InChI is InChI=1S/3C6H7N.3C5H6N2.2C5H6S.8C2H6/c1-6-2-4-7-5-3-6;1-6-3-2-4-7-5-6;1-6-4-2-3-5-7-6;1-5-2-6-4-7-3-5;1-5-2-3-6-4-7-5;1-5-6-3-2-4-7-5;1-5-2-3-6-4-5;1-5-3-2-4-6-5;8*1-2/h3*2-5H,1H3;3*2-4H,1H3;2*2-4H,1H3;8*1-2H3. The van der Waals surface area contributed by atoms with Gasteiger partial charge in [0.2, 0.25) is 0 Å². The van der Waals surface area contributed by atoms with Crippen molar-refractivity contribution >= 4 is 22.7 Å². The smallest absolute Gasteiger partial charge is 0.125 e. The fourth-order valence-electron chi connectivity index (χ4n) is 3.12. The Balaban J connectivity index is -0.000000100. The van der Waals surface area contributed by atoms with Crippen LogP contribution in [0.1, 0.15) is 155 Å². The van der Waals surface area contributed by atoms with Crippen LogP contribution in [0.15, 0.2) is 164 Å². The van der Waals surface area contributed by atoms with E-state index in [0.29, 0.717) is 0 Å². The number of aryl methyl sites for hydroxylation is 8. The first-order valence-electron chi connectivity index (χ1n) is 24.9. The van der Waals surface area contributed by atoms with Crippen LogP contribution in [-0.2, 0) is 0 Å². The fraction of sp³-hybridized carbons (Fsp3) is 0.407. The van der Waals surface area contributed by atoms with Gasteiger partial charge in [0.1, 0.15) is 18.5 Å². The largest absolute Gasteiger partial charge is 0.265 e. The Labute approximate surface area is 439 Å². The van der Waals surface area contributed by atoms with E-state index in [1.54, 1.807) is 84.5 Å². The first kappa shape index (κ1) is 81.1. The molecule has 9 nitrogen and oxygen atoms in total. The second-order valence-corrected chi connectivity index (χ2v) is 13.0. The monoisotopic (exact) mass is 998 g/mol. The molecule has 0 unspecified atom stereocenters. The number of nitrogens with zero attached hydrogens (tertiary/aromatic N) is 9. The van der Waals surface area contributed by atoms with Crippen molar-refractivity contribution in [2.24, 2.45) is 0 Å². The van der Waals surface area contributed by atoms with Gasteiger partial charge in [-0.1, -0.05) is 129 Å². The summed E-state index contributed by atoms with van der Waals surface area (Å²) in [7, 11) is 0. The lowest BCUT2D eigenvalue weighted by Gasteiger charge is -1.82. The molecule has 0 aliphatic carbocycles. The Bertz CT molecular complexity index is 1580. The predicted molar refractivity (Wildman–Crippen MR) is 316 cm³/mol. The molecule has 11 heteroatoms. The molecule has 8 rings (SSSR count). The Morgan fingerprint density at radius 2 is 0.829 bits per heavy atom. The molecule has 70 heavy (non-hydrogen) atoms. The van der Waals surface area contributed by atoms with Gasteiger partial charge in [0.15, 0.2) is 0 Å². The summed E-state index contributed by atoms with van der Waals surface area (Å²) in [4.78, 5) is 36.0. The quantitative estimate of drug-likeness (QED) is 0.146. The molecule has 0 aromatic carbocycles. The highest BCUT2D eigenvalue weighted by atomic mass is 32.1. The molecule has 0 atom stereocenters. The predicted octanol–water partition coefficient (Wildman–Crippen LogP) is 18.8. The van der Waals surface area contributed by atoms with Gasteiger partial charge >= 0.3 is 0 Å². The van der Waals surface area contributed by atoms with Gasteiger partial charge in [-0.05, 0) is 148 Å². The third kappa shape index (κ3) is 73.7. The molecule has 8 heterocycles. The maximum Gasteiger partial charge on any atom is 0.125 e. The van der Waals surface area contributed by atoms with E-state index in [1.807, 2.05) is 207 Å². The maximum absolute atomic E-state index is 3.98. The van der Waals surface area contributed by atoms with Crippen molar-refractivity contribution in [3.05, 3.63) is 208 Å². The van der Waals surface area contributed by atoms with Crippen LogP contribution < -0.4 is 0 Å². The van der Waals surface area contributed by atoms with Gasteiger partial charge < -0.3 is 0 Å². The van der Waals surface area contributed by atoms with Crippen LogP contribution in [0.3, 0.4) is 0 Å². The Morgan fingerprint density at radius 1 is 0.314 bits per heavy atom. The van der Waals surface area contributed by atoms with Crippen LogP contribution >= 0.6 is 22.7 Å². The lowest BCUT2D eigenvalue weighted by Crippen LogP contribution is -1.80. The highest BCUT2D eigenvalue weighted by Crippen LogP contribution is 2.04. The lowest BCUT2D eigenvalue weighted by atomic mass is 10.3. The summed E-state index contributed by atoms with van der Waals surface area (Å²) in [5, 5.41) is 6.28. The van der Waals surface area contributed by atoms with Crippen molar-refractivity contribution in [2.75, 3.05) is 0 Å². The van der Waals surface area contributed by atoms with Crippen LogP contribution in [-0.4, -0.2) is 44.9 Å². The number of pyridine rings is 3. The van der Waals surface area contributed by atoms with Gasteiger partial charge in [-0.2, -0.15) is 11.3 Å². The van der Waals surface area contributed by atoms with Gasteiger partial charge in [-0.15, -0.1) is 11.3 Å². The third-order valence-corrected chi connectivity index (χ3v) is 7.51. The van der Waals surface area contributed by atoms with E-state index >= 15 is 0 Å². The zero-order valence-corrected chi connectivity index (χ0v) is 50.1. The number of aromatic nitrogens is 9. The fourth-order valence-corrected chi connectivity index (χ4v) is 4.31. The molecular formula is C59H99N9S2. The average Bonchev–Trinajstić information content (AvgIpc) is 4.14. The lowest BCUT2D eigenvalue weighted by molar-refractivity contribution is 1.05. The van der Waals surface area contributed by atoms with Crippen molar-refractivity contribution in [1.29, 1.82) is 0 Å². The number of thiophene rings is 2. The first-order chi connectivity index (χ1) is 34.2. The minimum absolute atomic E-state index is 0.822. The molecule has 0 saturated heterocycles. The molecule has 0 bridgehead atoms. The summed E-state index contributed by atoms with van der Waals surface area (Å²) < 4.78 is 0. The molecule has 0 saturated carbocycles. The Morgan fingerprint density at radius 3 is 1.03 bits per heavy atom. The Hall–Kier alpha value is -5.91. The SMILES string of the molecule is CC.CC.CC.CC.CC.CC.CC.CC.Cc1ccccn1.Cc1cccnc1.Cc1cccs1.Cc1ccncc1.Cc1ccncn1.Cc1ccsc1.Cc1cncnc1.Cc1ncccn1. The molecule has 0 aliphatic rings. The molecule has 0 amide bonds. The molecule has 0 spiro atoms. The minimum Gasteiger partial charge on any atom is -0.265 e. The first-order valence-corrected chi connectivity index (χ1v) is 26.8. The second-order valence-electron chi connectivity index (χ2n) is 11.1. The molecule has 0 aliphatic heterocycles. The summed E-state index contributed by atoms with van der Waals surface area (Å²) in [6.07, 6.45) is 20.7. The molecule has 8 aromatic rings. The Kier molecular flexibility index (Phi) is 89.6. The van der Waals surface area contributed by atoms with Crippen LogP contribution in [0.5, 0.6) is 0 Å². The van der Waals surface area contributed by atoms with E-state index in [1.165, 1.54) is 34.2 Å². The normalized spacial score (nSPS) is 7.43. The minimum atomic E-state index is 0.822. The van der Waals surface area contributed by atoms with Gasteiger partial charge in [0, 0.05) is 78.2 Å². The van der Waals surface area contributed by atoms with E-state index in [9.17, 15) is 0 Å². The molecule has 0 N–H and O–H groups in total. The summed E-state index contributed by atoms with van der Waals surface area (Å²) in [5.41, 5.74) is 7.01. The van der Waals surface area contributed by atoms with Gasteiger partial charge in [0.25, 0.3) is 0 Å². The van der Waals surface area contributed by atoms with E-state index < -0.39 is 0 Å². The second kappa shape index (κ2) is 77.3. The van der Waals surface area contributed by atoms with E-state index in [-0.39, 0.29) is 0 Å². The summed E-state index contributed by atoms with van der Waals surface area (Å²) in [5.74, 6) is 0.822. The highest BCUT2D eigenvalue weighted by molar-refractivity contribution is 7.09. The van der Waals surface area contributed by atoms with E-state index in [4.69, 9.17) is 0 Å². The summed E-state index contributed by atoms with van der Waals surface area (Å²) in [6.45, 7) is 48.0. The summed E-state index contributed by atoms with van der Waals surface area (Å²) in [6, 6.07) is 23.7. The maximum atomic E-state index is 3.98. The van der Waals surface area contributed by atoms with Crippen molar-refractivity contribution in [2.45, 2.75) is 166 Å². The molecule has 0 fully saturated rings. The number of hydrogen-bond donors (Lipinski definition) is 0. The van der Waals surface area contributed by atoms with Gasteiger partial charge in [-0.3, -0.25) is 15.0 Å². The van der Waals surface area contributed by atoms with Crippen LogP contribution in [0.25, 0.3) is 0 Å². The third-order valence-electron chi connectivity index (χ3n) is 5.91. The van der Waals surface area contributed by atoms with Crippen molar-refractivity contribution in [3.63, 3.8) is 0 Å². The summed E-state index contributed by atoms with van der Waals surface area (Å²) >= 11 is 3.52. The molecule has 0 radical (unpaired) electrons.